The van der Waals surface area contributed by atoms with Crippen molar-refractivity contribution in [1.82, 2.24) is 0 Å². The minimum Gasteiger partial charge on any atom is -0.456 e. The molecule has 4 atom stereocenters. The van der Waals surface area contributed by atoms with Gasteiger partial charge in [-0.25, -0.2) is 0 Å². The van der Waals surface area contributed by atoms with E-state index in [0.717, 1.165) is 0 Å². The third-order valence-corrected chi connectivity index (χ3v) is 6.96. The number of esters is 1. The predicted molar refractivity (Wildman–Crippen MR) is 59.3 cm³/mol. The van der Waals surface area contributed by atoms with E-state index in [9.17, 15) is 4.79 Å². The number of halogens is 2. The second kappa shape index (κ2) is 2.10. The normalized spacial score (nSPS) is 55.5. The molecule has 0 aromatic heterocycles. The fourth-order valence-electron chi connectivity index (χ4n) is 3.26. The van der Waals surface area contributed by atoms with Crippen molar-refractivity contribution < 1.29 is 9.53 Å². The van der Waals surface area contributed by atoms with E-state index < -0.39 is 0 Å². The zero-order valence-electron chi connectivity index (χ0n) is 8.30. The van der Waals surface area contributed by atoms with E-state index in [1.165, 1.54) is 0 Å². The van der Waals surface area contributed by atoms with Gasteiger partial charge in [0.2, 0.25) is 0 Å². The van der Waals surface area contributed by atoms with Crippen molar-refractivity contribution in [2.24, 2.45) is 23.2 Å². The Kier molecular flexibility index (Phi) is 1.45. The Labute approximate surface area is 100 Å². The minimum absolute atomic E-state index is 0.0143. The fourth-order valence-corrected chi connectivity index (χ4v) is 5.13. The highest BCUT2D eigenvalue weighted by molar-refractivity contribution is 9.25. The lowest BCUT2D eigenvalue weighted by Crippen LogP contribution is -2.27. The summed E-state index contributed by atoms with van der Waals surface area (Å²) in [4.78, 5) is 11.7. The number of ether oxygens (including phenoxy) is 1. The average molecular weight is 324 g/mol. The van der Waals surface area contributed by atoms with Crippen molar-refractivity contribution in [3.8, 4) is 0 Å². The van der Waals surface area contributed by atoms with Crippen molar-refractivity contribution in [2.75, 3.05) is 0 Å². The summed E-state index contributed by atoms with van der Waals surface area (Å²) in [6.45, 7) is 6.32. The number of hydrogen-bond donors (Lipinski definition) is 0. The van der Waals surface area contributed by atoms with Crippen LogP contribution in [0.15, 0.2) is 0 Å². The molecule has 78 valence electrons. The zero-order chi connectivity index (χ0) is 10.5. The van der Waals surface area contributed by atoms with Crippen LogP contribution in [-0.4, -0.2) is 14.8 Å². The molecule has 3 fully saturated rings. The van der Waals surface area contributed by atoms with E-state index in [1.807, 2.05) is 6.92 Å². The van der Waals surface area contributed by atoms with E-state index >= 15 is 0 Å². The third-order valence-electron chi connectivity index (χ3n) is 4.40. The van der Waals surface area contributed by atoms with Crippen molar-refractivity contribution in [3.63, 3.8) is 0 Å². The summed E-state index contributed by atoms with van der Waals surface area (Å²) in [6.07, 6.45) is 0. The molecule has 3 rings (SSSR count). The van der Waals surface area contributed by atoms with Crippen LogP contribution >= 0.6 is 31.9 Å². The first-order valence-corrected chi connectivity index (χ1v) is 6.44. The summed E-state index contributed by atoms with van der Waals surface area (Å²) in [6, 6.07) is 0. The summed E-state index contributed by atoms with van der Waals surface area (Å²) >= 11 is 7.24. The molecule has 4 heteroatoms. The lowest BCUT2D eigenvalue weighted by Gasteiger charge is -2.17. The number of carbonyl (C=O) groups is 1. The van der Waals surface area contributed by atoms with Gasteiger partial charge in [0.1, 0.15) is 8.83 Å². The molecule has 1 aliphatic heterocycles. The second-order valence-electron chi connectivity index (χ2n) is 5.45. The van der Waals surface area contributed by atoms with Crippen LogP contribution in [0, 0.1) is 23.2 Å². The van der Waals surface area contributed by atoms with Gasteiger partial charge in [-0.05, 0) is 18.3 Å². The zero-order valence-corrected chi connectivity index (χ0v) is 11.5. The standard InChI is InChI=1S/C10H12Br2O2/c1-8(2)4-5(8)7(13)14-9(3)6(4)10(9,11)12/h4-6H,1-3H3/t4-,5+,6?,9?/m1/s1. The molecule has 1 heterocycles. The predicted octanol–water partition coefficient (Wildman–Crippen LogP) is 2.69. The Morgan fingerprint density at radius 3 is 2.43 bits per heavy atom. The maximum absolute atomic E-state index is 11.7. The van der Waals surface area contributed by atoms with Crippen LogP contribution in [0.2, 0.25) is 0 Å². The number of carbonyl (C=O) groups excluding carboxylic acids is 1. The maximum Gasteiger partial charge on any atom is 0.310 e. The summed E-state index contributed by atoms with van der Waals surface area (Å²) in [5, 5.41) is 0. The first-order chi connectivity index (χ1) is 6.24. The van der Waals surface area contributed by atoms with Crippen molar-refractivity contribution in [3.05, 3.63) is 0 Å². The van der Waals surface area contributed by atoms with Crippen LogP contribution in [0.5, 0.6) is 0 Å². The molecular formula is C10H12Br2O2. The molecule has 0 bridgehead atoms. The second-order valence-corrected chi connectivity index (χ2v) is 9.02. The van der Waals surface area contributed by atoms with Gasteiger partial charge >= 0.3 is 5.97 Å². The Balaban J connectivity index is 2.03. The summed E-state index contributed by atoms with van der Waals surface area (Å²) < 4.78 is 5.34. The van der Waals surface area contributed by atoms with E-state index in [1.54, 1.807) is 0 Å². The molecule has 0 amide bonds. The molecule has 0 radical (unpaired) electrons. The highest BCUT2D eigenvalue weighted by Gasteiger charge is 2.88. The van der Waals surface area contributed by atoms with Gasteiger partial charge in [0.15, 0.2) is 0 Å². The van der Waals surface area contributed by atoms with Gasteiger partial charge in [-0.2, -0.15) is 0 Å². The molecule has 2 nitrogen and oxygen atoms in total. The van der Waals surface area contributed by atoms with Crippen molar-refractivity contribution in [1.29, 1.82) is 0 Å². The van der Waals surface area contributed by atoms with Gasteiger partial charge in [-0.15, -0.1) is 0 Å². The molecule has 3 aliphatic rings. The topological polar surface area (TPSA) is 26.3 Å². The molecule has 2 unspecified atom stereocenters. The lowest BCUT2D eigenvalue weighted by molar-refractivity contribution is -0.156. The monoisotopic (exact) mass is 322 g/mol. The number of hydrogen-bond acceptors (Lipinski definition) is 2. The Bertz CT molecular complexity index is 350. The SMILES string of the molecule is CC1(C)[C@@H]2C(=O)OC3(C)C([C@@H]21)C3(Br)Br. The first kappa shape index (κ1) is 9.64. The van der Waals surface area contributed by atoms with E-state index in [-0.39, 0.29) is 26.1 Å². The summed E-state index contributed by atoms with van der Waals surface area (Å²) in [5.41, 5.74) is -0.207. The molecular weight excluding hydrogens is 312 g/mol. The van der Waals surface area contributed by atoms with Gasteiger partial charge in [-0.3, -0.25) is 4.79 Å². The summed E-state index contributed by atoms with van der Waals surface area (Å²) in [5.74, 6) is 1.01. The molecule has 0 N–H and O–H groups in total. The van der Waals surface area contributed by atoms with Crippen molar-refractivity contribution >= 4 is 37.8 Å². The molecule has 0 spiro atoms. The largest absolute Gasteiger partial charge is 0.456 e. The van der Waals surface area contributed by atoms with E-state index in [0.29, 0.717) is 11.8 Å². The smallest absolute Gasteiger partial charge is 0.310 e. The maximum atomic E-state index is 11.7. The first-order valence-electron chi connectivity index (χ1n) is 4.85. The van der Waals surface area contributed by atoms with Crippen LogP contribution in [0.25, 0.3) is 0 Å². The number of alkyl halides is 2. The molecule has 14 heavy (non-hydrogen) atoms. The average Bonchev–Trinajstić information content (AvgIpc) is 2.67. The molecule has 2 saturated carbocycles. The van der Waals surface area contributed by atoms with Crippen LogP contribution in [0.4, 0.5) is 0 Å². The van der Waals surface area contributed by atoms with E-state index in [4.69, 9.17) is 4.74 Å². The van der Waals surface area contributed by atoms with E-state index in [2.05, 4.69) is 45.7 Å². The lowest BCUT2D eigenvalue weighted by atomic mass is 10.1. The molecule has 1 saturated heterocycles. The van der Waals surface area contributed by atoms with Crippen LogP contribution in [0.1, 0.15) is 20.8 Å². The quantitative estimate of drug-likeness (QED) is 0.506. The Morgan fingerprint density at radius 2 is 1.86 bits per heavy atom. The van der Waals surface area contributed by atoms with Gasteiger partial charge < -0.3 is 4.74 Å². The van der Waals surface area contributed by atoms with Gasteiger partial charge in [-0.1, -0.05) is 45.7 Å². The summed E-state index contributed by atoms with van der Waals surface area (Å²) in [7, 11) is 0. The molecule has 0 aromatic rings. The number of fused-ring (bicyclic) bond motifs is 3. The van der Waals surface area contributed by atoms with Gasteiger partial charge in [0.25, 0.3) is 0 Å². The van der Waals surface area contributed by atoms with Crippen molar-refractivity contribution in [2.45, 2.75) is 29.6 Å². The van der Waals surface area contributed by atoms with Gasteiger partial charge in [0.05, 0.1) is 5.92 Å². The Hall–Kier alpha value is 0.430. The van der Waals surface area contributed by atoms with Crippen LogP contribution < -0.4 is 0 Å². The highest BCUT2D eigenvalue weighted by atomic mass is 79.9. The Morgan fingerprint density at radius 1 is 1.29 bits per heavy atom. The minimum atomic E-state index is -0.334. The van der Waals surface area contributed by atoms with Crippen LogP contribution in [0.3, 0.4) is 0 Å². The molecule has 2 aliphatic carbocycles. The third kappa shape index (κ3) is 0.753. The fraction of sp³-hybridized carbons (Fsp3) is 0.900. The molecule has 0 aromatic carbocycles. The van der Waals surface area contributed by atoms with Gasteiger partial charge in [0, 0.05) is 5.92 Å². The highest BCUT2D eigenvalue weighted by Crippen LogP contribution is 2.82. The van der Waals surface area contributed by atoms with Crippen LogP contribution in [-0.2, 0) is 9.53 Å². The number of rotatable bonds is 0.